The second kappa shape index (κ2) is 8.43. The van der Waals surface area contributed by atoms with E-state index < -0.39 is 30.0 Å². The molecule has 1 amide bonds. The van der Waals surface area contributed by atoms with Crippen LogP contribution in [0.15, 0.2) is 48.5 Å². The summed E-state index contributed by atoms with van der Waals surface area (Å²) >= 11 is 0. The Morgan fingerprint density at radius 1 is 1.07 bits per heavy atom. The van der Waals surface area contributed by atoms with Gasteiger partial charge >= 0.3 is 12.1 Å². The molecule has 8 heteroatoms. The van der Waals surface area contributed by atoms with Gasteiger partial charge in [-0.1, -0.05) is 36.4 Å². The quantitative estimate of drug-likeness (QED) is 0.443. The average molecular weight is 385 g/mol. The van der Waals surface area contributed by atoms with E-state index in [-0.39, 0.29) is 12.2 Å². The van der Waals surface area contributed by atoms with Crippen molar-refractivity contribution in [2.45, 2.75) is 12.1 Å². The molecule has 0 bridgehead atoms. The first-order valence-electron chi connectivity index (χ1n) is 8.49. The van der Waals surface area contributed by atoms with E-state index in [1.54, 1.807) is 36.4 Å². The molecule has 0 saturated carbocycles. The van der Waals surface area contributed by atoms with Crippen LogP contribution in [0.1, 0.15) is 22.0 Å². The lowest BCUT2D eigenvalue weighted by atomic mass is 10.0. The molecule has 1 N–H and O–H groups in total. The number of amides is 1. The number of alkyl carbamates (subject to hydrolysis) is 1. The lowest BCUT2D eigenvalue weighted by molar-refractivity contribution is -0.145. The van der Waals surface area contributed by atoms with Crippen LogP contribution in [0.25, 0.3) is 0 Å². The second-order valence-corrected chi connectivity index (χ2v) is 5.98. The fourth-order valence-electron chi connectivity index (χ4n) is 2.85. The summed E-state index contributed by atoms with van der Waals surface area (Å²) in [5, 5.41) is 2.58. The van der Waals surface area contributed by atoms with E-state index in [0.29, 0.717) is 17.1 Å². The maximum absolute atomic E-state index is 12.5. The van der Waals surface area contributed by atoms with E-state index >= 15 is 0 Å². The molecule has 0 spiro atoms. The van der Waals surface area contributed by atoms with E-state index in [1.165, 1.54) is 26.4 Å². The number of nitrogens with one attached hydrogen (secondary N) is 1. The smallest absolute Gasteiger partial charge is 0.407 e. The molecule has 0 radical (unpaired) electrons. The Balaban J connectivity index is 1.88. The van der Waals surface area contributed by atoms with Crippen molar-refractivity contribution in [1.29, 1.82) is 0 Å². The Morgan fingerprint density at radius 2 is 1.79 bits per heavy atom. The number of carbonyl (C=O) groups excluding carboxylic acids is 3. The van der Waals surface area contributed by atoms with Crippen molar-refractivity contribution in [1.82, 2.24) is 5.32 Å². The monoisotopic (exact) mass is 385 g/mol. The number of ether oxygens (including phenoxy) is 4. The van der Waals surface area contributed by atoms with Gasteiger partial charge in [0.1, 0.15) is 12.6 Å². The minimum atomic E-state index is -1.04. The fraction of sp³-hybridized carbons (Fsp3) is 0.250. The number of ketones is 1. The largest absolute Gasteiger partial charge is 0.493 e. The Kier molecular flexibility index (Phi) is 5.78. The number of hydrogen-bond donors (Lipinski definition) is 1. The molecule has 0 unspecified atom stereocenters. The molecule has 3 rings (SSSR count). The molecule has 0 aromatic heterocycles. The van der Waals surface area contributed by atoms with Gasteiger partial charge in [-0.25, -0.2) is 9.59 Å². The van der Waals surface area contributed by atoms with Crippen molar-refractivity contribution >= 4 is 17.8 Å². The summed E-state index contributed by atoms with van der Waals surface area (Å²) < 4.78 is 20.9. The first-order valence-corrected chi connectivity index (χ1v) is 8.49. The highest BCUT2D eigenvalue weighted by Gasteiger charge is 2.36. The number of Topliss-reactive ketones (excluding diaryl/α,β-unsaturated/α-hetero) is 1. The van der Waals surface area contributed by atoms with Crippen LogP contribution in [-0.2, 0) is 14.3 Å². The highest BCUT2D eigenvalue weighted by Crippen LogP contribution is 2.33. The number of carbonyl (C=O) groups is 3. The van der Waals surface area contributed by atoms with Gasteiger partial charge < -0.3 is 24.3 Å². The third kappa shape index (κ3) is 4.06. The summed E-state index contributed by atoms with van der Waals surface area (Å²) in [6, 6.07) is 12.4. The summed E-state index contributed by atoms with van der Waals surface area (Å²) in [6.45, 7) is -0.00927. The topological polar surface area (TPSA) is 100 Å². The van der Waals surface area contributed by atoms with Crippen molar-refractivity contribution in [2.75, 3.05) is 20.8 Å². The van der Waals surface area contributed by atoms with E-state index in [1.807, 2.05) is 0 Å². The summed E-state index contributed by atoms with van der Waals surface area (Å²) in [4.78, 5) is 36.3. The van der Waals surface area contributed by atoms with Crippen LogP contribution in [0.3, 0.4) is 0 Å². The van der Waals surface area contributed by atoms with E-state index in [9.17, 15) is 14.4 Å². The van der Waals surface area contributed by atoms with Crippen LogP contribution in [-0.4, -0.2) is 44.7 Å². The van der Waals surface area contributed by atoms with Crippen molar-refractivity contribution in [3.8, 4) is 11.5 Å². The van der Waals surface area contributed by atoms with Gasteiger partial charge in [-0.2, -0.15) is 0 Å². The van der Waals surface area contributed by atoms with Gasteiger partial charge in [-0.15, -0.1) is 0 Å². The van der Waals surface area contributed by atoms with Crippen molar-refractivity contribution in [3.05, 3.63) is 59.7 Å². The SMILES string of the molecule is COc1ccc([C@@H](OC(=O)C(=O)c2ccccc2)[C@H]2COC(=O)N2)cc1OC. The average Bonchev–Trinajstić information content (AvgIpc) is 3.17. The molecule has 28 heavy (non-hydrogen) atoms. The summed E-state index contributed by atoms with van der Waals surface area (Å²) in [5.74, 6) is -0.910. The number of rotatable bonds is 7. The molecular formula is C20H19NO7. The Morgan fingerprint density at radius 3 is 2.39 bits per heavy atom. The molecule has 2 aromatic carbocycles. The summed E-state index contributed by atoms with van der Waals surface area (Å²) in [7, 11) is 2.97. The van der Waals surface area contributed by atoms with Crippen molar-refractivity contribution < 1.29 is 33.3 Å². The number of cyclic esters (lactones) is 1. The number of benzene rings is 2. The lowest BCUT2D eigenvalue weighted by Gasteiger charge is -2.23. The van der Waals surface area contributed by atoms with Gasteiger partial charge in [-0.05, 0) is 17.7 Å². The normalized spacial score (nSPS) is 16.5. The third-order valence-corrected chi connectivity index (χ3v) is 4.25. The van der Waals surface area contributed by atoms with Crippen LogP contribution in [0.2, 0.25) is 0 Å². The van der Waals surface area contributed by atoms with Gasteiger partial charge in [0.15, 0.2) is 17.6 Å². The number of methoxy groups -OCH3 is 2. The van der Waals surface area contributed by atoms with Gasteiger partial charge in [0.2, 0.25) is 0 Å². The zero-order chi connectivity index (χ0) is 20.1. The van der Waals surface area contributed by atoms with Crippen molar-refractivity contribution in [3.63, 3.8) is 0 Å². The molecule has 2 aromatic rings. The molecule has 1 saturated heterocycles. The maximum atomic E-state index is 12.5. The molecule has 1 aliphatic heterocycles. The molecule has 2 atom stereocenters. The fourth-order valence-corrected chi connectivity index (χ4v) is 2.85. The molecule has 1 aliphatic rings. The predicted octanol–water partition coefficient (Wildman–Crippen LogP) is 2.28. The zero-order valence-corrected chi connectivity index (χ0v) is 15.3. The molecular weight excluding hydrogens is 366 g/mol. The van der Waals surface area contributed by atoms with E-state index in [0.717, 1.165) is 0 Å². The Hall–Kier alpha value is -3.55. The third-order valence-electron chi connectivity index (χ3n) is 4.25. The molecule has 1 heterocycles. The lowest BCUT2D eigenvalue weighted by Crippen LogP contribution is -2.36. The van der Waals surface area contributed by atoms with Crippen LogP contribution in [0.5, 0.6) is 11.5 Å². The van der Waals surface area contributed by atoms with Gasteiger partial charge in [-0.3, -0.25) is 4.79 Å². The Labute approximate surface area is 161 Å². The minimum Gasteiger partial charge on any atom is -0.493 e. The minimum absolute atomic E-state index is 0.00927. The molecule has 1 fully saturated rings. The van der Waals surface area contributed by atoms with Gasteiger partial charge in [0.05, 0.1) is 14.2 Å². The van der Waals surface area contributed by atoms with E-state index in [4.69, 9.17) is 18.9 Å². The van der Waals surface area contributed by atoms with Crippen LogP contribution < -0.4 is 14.8 Å². The second-order valence-electron chi connectivity index (χ2n) is 5.98. The van der Waals surface area contributed by atoms with Crippen molar-refractivity contribution in [2.24, 2.45) is 0 Å². The Bertz CT molecular complexity index is 881. The van der Waals surface area contributed by atoms with Crippen LogP contribution >= 0.6 is 0 Å². The summed E-state index contributed by atoms with van der Waals surface area (Å²) in [6.07, 6.45) is -1.58. The highest BCUT2D eigenvalue weighted by atomic mass is 16.6. The van der Waals surface area contributed by atoms with Crippen LogP contribution in [0, 0.1) is 0 Å². The molecule has 0 aliphatic carbocycles. The standard InChI is InChI=1S/C20H19NO7/c1-25-15-9-8-13(10-16(15)26-2)18(14-11-27-20(24)21-14)28-19(23)17(22)12-6-4-3-5-7-12/h3-10,14,18H,11H2,1-2H3,(H,21,24)/t14-,18-/m1/s1. The first kappa shape index (κ1) is 19.2. The summed E-state index contributed by atoms with van der Waals surface area (Å²) in [5.41, 5.74) is 0.730. The highest BCUT2D eigenvalue weighted by molar-refractivity contribution is 6.40. The molecule has 146 valence electrons. The van der Waals surface area contributed by atoms with E-state index in [2.05, 4.69) is 5.32 Å². The maximum Gasteiger partial charge on any atom is 0.407 e. The predicted molar refractivity (Wildman–Crippen MR) is 97.4 cm³/mol. The zero-order valence-electron chi connectivity index (χ0n) is 15.3. The first-order chi connectivity index (χ1) is 13.5. The molecule has 8 nitrogen and oxygen atoms in total. The van der Waals surface area contributed by atoms with Crippen LogP contribution in [0.4, 0.5) is 4.79 Å². The van der Waals surface area contributed by atoms with Gasteiger partial charge in [0, 0.05) is 5.56 Å². The number of esters is 1. The van der Waals surface area contributed by atoms with Gasteiger partial charge in [0.25, 0.3) is 5.78 Å². The number of hydrogen-bond acceptors (Lipinski definition) is 7.